The highest BCUT2D eigenvalue weighted by atomic mass is 35.5. The first-order valence-corrected chi connectivity index (χ1v) is 6.71. The van der Waals surface area contributed by atoms with Gasteiger partial charge in [0.05, 0.1) is 0 Å². The predicted molar refractivity (Wildman–Crippen MR) is 81.4 cm³/mol. The van der Waals surface area contributed by atoms with E-state index in [-0.39, 0.29) is 0 Å². The summed E-state index contributed by atoms with van der Waals surface area (Å²) in [6.07, 6.45) is 2.16. The molecule has 0 saturated carbocycles. The van der Waals surface area contributed by atoms with E-state index in [9.17, 15) is 0 Å². The summed E-state index contributed by atoms with van der Waals surface area (Å²) in [5.41, 5.74) is 9.26. The first kappa shape index (κ1) is 12.3. The largest absolute Gasteiger partial charge is 0.346 e. The predicted octanol–water partition coefficient (Wildman–Crippen LogP) is 3.92. The molecule has 0 aliphatic carbocycles. The maximum atomic E-state index is 6.13. The second kappa shape index (κ2) is 5.08. The number of rotatable bonds is 3. The monoisotopic (exact) mass is 270 g/mol. The van der Waals surface area contributed by atoms with Gasteiger partial charge in [0.25, 0.3) is 0 Å². The zero-order chi connectivity index (χ0) is 13.2. The molecule has 0 atom stereocenters. The van der Waals surface area contributed by atoms with Crippen LogP contribution in [0.1, 0.15) is 0 Å². The molecule has 3 heteroatoms. The van der Waals surface area contributed by atoms with E-state index in [0.29, 0.717) is 6.54 Å². The molecule has 0 saturated heterocycles. The van der Waals surface area contributed by atoms with E-state index in [1.165, 1.54) is 22.0 Å². The Morgan fingerprint density at radius 1 is 1.05 bits per heavy atom. The van der Waals surface area contributed by atoms with Gasteiger partial charge < -0.3 is 10.3 Å². The quantitative estimate of drug-likeness (QED) is 0.768. The van der Waals surface area contributed by atoms with Crippen LogP contribution in [0, 0.1) is 0 Å². The van der Waals surface area contributed by atoms with E-state index in [0.717, 1.165) is 11.6 Å². The Morgan fingerprint density at radius 2 is 1.84 bits per heavy atom. The maximum absolute atomic E-state index is 6.13. The lowest BCUT2D eigenvalue weighted by Gasteiger charge is -2.01. The SMILES string of the molecule is NCCn1cc(-c2ccccc2)c2cc(Cl)ccc21. The molecule has 3 rings (SSSR count). The van der Waals surface area contributed by atoms with Crippen molar-refractivity contribution in [1.29, 1.82) is 0 Å². The topological polar surface area (TPSA) is 30.9 Å². The van der Waals surface area contributed by atoms with E-state index >= 15 is 0 Å². The molecular weight excluding hydrogens is 256 g/mol. The van der Waals surface area contributed by atoms with Crippen LogP contribution in [0.5, 0.6) is 0 Å². The van der Waals surface area contributed by atoms with Gasteiger partial charge in [-0.1, -0.05) is 41.9 Å². The zero-order valence-electron chi connectivity index (χ0n) is 10.5. The van der Waals surface area contributed by atoms with Gasteiger partial charge in [0, 0.05) is 40.8 Å². The first-order chi connectivity index (χ1) is 9.29. The highest BCUT2D eigenvalue weighted by molar-refractivity contribution is 6.31. The second-order valence-electron chi connectivity index (χ2n) is 4.55. The van der Waals surface area contributed by atoms with Gasteiger partial charge in [0.1, 0.15) is 0 Å². The van der Waals surface area contributed by atoms with Crippen LogP contribution in [0.25, 0.3) is 22.0 Å². The minimum atomic E-state index is 0.626. The number of hydrogen-bond acceptors (Lipinski definition) is 1. The van der Waals surface area contributed by atoms with Gasteiger partial charge in [-0.25, -0.2) is 0 Å². The van der Waals surface area contributed by atoms with Crippen molar-refractivity contribution >= 4 is 22.5 Å². The second-order valence-corrected chi connectivity index (χ2v) is 4.99. The van der Waals surface area contributed by atoms with Gasteiger partial charge in [-0.05, 0) is 23.8 Å². The Labute approximate surface area is 117 Å². The summed E-state index contributed by atoms with van der Waals surface area (Å²) in [7, 11) is 0. The molecule has 1 aromatic heterocycles. The number of halogens is 1. The maximum Gasteiger partial charge on any atom is 0.0488 e. The molecule has 0 bridgehead atoms. The van der Waals surface area contributed by atoms with Crippen molar-refractivity contribution in [2.75, 3.05) is 6.54 Å². The molecule has 2 nitrogen and oxygen atoms in total. The summed E-state index contributed by atoms with van der Waals surface area (Å²) in [6, 6.07) is 16.3. The minimum absolute atomic E-state index is 0.626. The number of benzene rings is 2. The Kier molecular flexibility index (Phi) is 3.28. The minimum Gasteiger partial charge on any atom is -0.346 e. The van der Waals surface area contributed by atoms with Crippen LogP contribution in [-0.4, -0.2) is 11.1 Å². The number of fused-ring (bicyclic) bond motifs is 1. The summed E-state index contributed by atoms with van der Waals surface area (Å²) in [5.74, 6) is 0. The van der Waals surface area contributed by atoms with E-state index in [1.54, 1.807) is 0 Å². The lowest BCUT2D eigenvalue weighted by molar-refractivity contribution is 0.736. The third-order valence-electron chi connectivity index (χ3n) is 3.30. The first-order valence-electron chi connectivity index (χ1n) is 6.33. The average Bonchev–Trinajstić information content (AvgIpc) is 2.78. The summed E-state index contributed by atoms with van der Waals surface area (Å²) in [5, 5.41) is 1.93. The van der Waals surface area contributed by atoms with Gasteiger partial charge in [0.2, 0.25) is 0 Å². The van der Waals surface area contributed by atoms with Crippen molar-refractivity contribution < 1.29 is 0 Å². The van der Waals surface area contributed by atoms with Crippen molar-refractivity contribution in [2.45, 2.75) is 6.54 Å². The average molecular weight is 271 g/mol. The van der Waals surface area contributed by atoms with E-state index in [1.807, 2.05) is 30.3 Å². The van der Waals surface area contributed by atoms with Gasteiger partial charge in [-0.3, -0.25) is 0 Å². The van der Waals surface area contributed by atoms with Crippen LogP contribution in [0.3, 0.4) is 0 Å². The molecule has 3 aromatic rings. The molecular formula is C16H15ClN2. The number of aromatic nitrogens is 1. The van der Waals surface area contributed by atoms with Crippen LogP contribution in [0.15, 0.2) is 54.7 Å². The molecule has 0 amide bonds. The molecule has 0 fully saturated rings. The normalized spacial score (nSPS) is 11.1. The van der Waals surface area contributed by atoms with E-state index in [2.05, 4.69) is 29.0 Å². The van der Waals surface area contributed by atoms with Gasteiger partial charge >= 0.3 is 0 Å². The van der Waals surface area contributed by atoms with Crippen molar-refractivity contribution in [3.05, 3.63) is 59.8 Å². The molecule has 2 aromatic carbocycles. The molecule has 2 N–H and O–H groups in total. The van der Waals surface area contributed by atoms with Gasteiger partial charge in [-0.2, -0.15) is 0 Å². The highest BCUT2D eigenvalue weighted by Crippen LogP contribution is 2.32. The Morgan fingerprint density at radius 3 is 2.58 bits per heavy atom. The lowest BCUT2D eigenvalue weighted by atomic mass is 10.1. The molecule has 1 heterocycles. The van der Waals surface area contributed by atoms with Crippen molar-refractivity contribution in [3.63, 3.8) is 0 Å². The molecule has 96 valence electrons. The van der Waals surface area contributed by atoms with Crippen molar-refractivity contribution in [3.8, 4) is 11.1 Å². The van der Waals surface area contributed by atoms with Crippen LogP contribution in [-0.2, 0) is 6.54 Å². The lowest BCUT2D eigenvalue weighted by Crippen LogP contribution is -2.08. The van der Waals surface area contributed by atoms with Crippen molar-refractivity contribution in [2.24, 2.45) is 5.73 Å². The number of nitrogens with zero attached hydrogens (tertiary/aromatic N) is 1. The van der Waals surface area contributed by atoms with E-state index < -0.39 is 0 Å². The Hall–Kier alpha value is -1.77. The van der Waals surface area contributed by atoms with Crippen molar-refractivity contribution in [1.82, 2.24) is 4.57 Å². The fraction of sp³-hybridized carbons (Fsp3) is 0.125. The zero-order valence-corrected chi connectivity index (χ0v) is 11.3. The van der Waals surface area contributed by atoms with Crippen LogP contribution < -0.4 is 5.73 Å². The van der Waals surface area contributed by atoms with Crippen LogP contribution in [0.4, 0.5) is 0 Å². The van der Waals surface area contributed by atoms with Crippen LogP contribution >= 0.6 is 11.6 Å². The van der Waals surface area contributed by atoms with Gasteiger partial charge in [-0.15, -0.1) is 0 Å². The molecule has 0 aliphatic heterocycles. The van der Waals surface area contributed by atoms with E-state index in [4.69, 9.17) is 17.3 Å². The summed E-state index contributed by atoms with van der Waals surface area (Å²) >= 11 is 6.13. The van der Waals surface area contributed by atoms with Crippen LogP contribution in [0.2, 0.25) is 5.02 Å². The summed E-state index contributed by atoms with van der Waals surface area (Å²) in [6.45, 7) is 1.44. The molecule has 19 heavy (non-hydrogen) atoms. The molecule has 0 radical (unpaired) electrons. The Bertz CT molecular complexity index is 701. The third-order valence-corrected chi connectivity index (χ3v) is 3.53. The Balaban J connectivity index is 2.26. The fourth-order valence-corrected chi connectivity index (χ4v) is 2.61. The molecule has 0 unspecified atom stereocenters. The smallest absolute Gasteiger partial charge is 0.0488 e. The molecule has 0 spiro atoms. The number of hydrogen-bond donors (Lipinski definition) is 1. The highest BCUT2D eigenvalue weighted by Gasteiger charge is 2.10. The van der Waals surface area contributed by atoms with Gasteiger partial charge in [0.15, 0.2) is 0 Å². The fourth-order valence-electron chi connectivity index (χ4n) is 2.44. The standard InChI is InChI=1S/C16H15ClN2/c17-13-6-7-16-14(10-13)15(11-19(16)9-8-18)12-4-2-1-3-5-12/h1-7,10-11H,8-9,18H2. The third kappa shape index (κ3) is 2.25. The summed E-state index contributed by atoms with van der Waals surface area (Å²) in [4.78, 5) is 0. The summed E-state index contributed by atoms with van der Waals surface area (Å²) < 4.78 is 2.19. The number of nitrogens with two attached hydrogens (primary N) is 1. The molecule has 0 aliphatic rings.